The SMILES string of the molecule is [CH2-]CCC1C=C(C)C(=O)N[CH-]1.[Y]. The first-order chi connectivity index (χ1) is 5.24. The van der Waals surface area contributed by atoms with E-state index in [-0.39, 0.29) is 38.6 Å². The summed E-state index contributed by atoms with van der Waals surface area (Å²) < 4.78 is 0. The van der Waals surface area contributed by atoms with Gasteiger partial charge in [-0.25, -0.2) is 6.54 Å². The molecular weight excluding hydrogens is 227 g/mol. The molecule has 12 heavy (non-hydrogen) atoms. The molecule has 3 heteroatoms. The van der Waals surface area contributed by atoms with Crippen molar-refractivity contribution in [1.29, 1.82) is 0 Å². The normalized spacial score (nSPS) is 22.3. The Morgan fingerprint density at radius 1 is 1.75 bits per heavy atom. The van der Waals surface area contributed by atoms with Gasteiger partial charge in [0.15, 0.2) is 0 Å². The molecule has 0 saturated heterocycles. The smallest absolute Gasteiger partial charge is 0.217 e. The van der Waals surface area contributed by atoms with Crippen molar-refractivity contribution in [2.45, 2.75) is 19.8 Å². The number of rotatable bonds is 2. The summed E-state index contributed by atoms with van der Waals surface area (Å²) in [5, 5.41) is 2.71. The molecule has 0 aromatic heterocycles. The third-order valence-electron chi connectivity index (χ3n) is 1.79. The van der Waals surface area contributed by atoms with Gasteiger partial charge in [-0.05, 0) is 6.92 Å². The minimum Gasteiger partial charge on any atom is -0.501 e. The summed E-state index contributed by atoms with van der Waals surface area (Å²) in [4.78, 5) is 10.9. The van der Waals surface area contributed by atoms with Crippen molar-refractivity contribution in [3.63, 3.8) is 0 Å². The number of hydrogen-bond acceptors (Lipinski definition) is 1. The quantitative estimate of drug-likeness (QED) is 0.727. The Kier molecular flexibility index (Phi) is 6.03. The van der Waals surface area contributed by atoms with Gasteiger partial charge >= 0.3 is 0 Å². The molecule has 0 fully saturated rings. The van der Waals surface area contributed by atoms with Gasteiger partial charge < -0.3 is 12.2 Å². The molecule has 0 aromatic carbocycles. The van der Waals surface area contributed by atoms with Crippen LogP contribution in [0, 0.1) is 19.4 Å². The van der Waals surface area contributed by atoms with E-state index in [2.05, 4.69) is 12.2 Å². The van der Waals surface area contributed by atoms with Crippen molar-refractivity contribution < 1.29 is 37.5 Å². The van der Waals surface area contributed by atoms with E-state index in [0.717, 1.165) is 18.4 Å². The molecule has 1 rings (SSSR count). The molecule has 1 atom stereocenters. The third kappa shape index (κ3) is 3.36. The molecule has 1 radical (unpaired) electrons. The molecule has 1 amide bonds. The Morgan fingerprint density at radius 2 is 2.42 bits per heavy atom. The van der Waals surface area contributed by atoms with Crippen molar-refractivity contribution in [2.75, 3.05) is 0 Å². The van der Waals surface area contributed by atoms with Crippen molar-refractivity contribution >= 4 is 5.91 Å². The van der Waals surface area contributed by atoms with Crippen LogP contribution in [-0.4, -0.2) is 5.91 Å². The van der Waals surface area contributed by atoms with Gasteiger partial charge in [-0.3, -0.25) is 4.79 Å². The molecule has 1 unspecified atom stereocenters. The Balaban J connectivity index is 0.00000121. The average molecular weight is 240 g/mol. The molecule has 1 N–H and O–H groups in total. The number of carbonyl (C=O) groups is 1. The zero-order chi connectivity index (χ0) is 8.27. The number of nitrogens with one attached hydrogen (secondary N) is 1. The van der Waals surface area contributed by atoms with Crippen LogP contribution in [0.15, 0.2) is 11.6 Å². The Bertz CT molecular complexity index is 189. The van der Waals surface area contributed by atoms with Gasteiger partial charge in [0.05, 0.1) is 0 Å². The van der Waals surface area contributed by atoms with E-state index >= 15 is 0 Å². The molecule has 1 aliphatic rings. The number of amides is 1. The molecule has 0 saturated carbocycles. The molecular formula is C9H13NOY-2. The predicted octanol–water partition coefficient (Wildman–Crippen LogP) is 1.45. The third-order valence-corrected chi connectivity index (χ3v) is 1.79. The van der Waals surface area contributed by atoms with Crippen LogP contribution in [0.4, 0.5) is 0 Å². The minimum absolute atomic E-state index is 0. The molecule has 65 valence electrons. The van der Waals surface area contributed by atoms with E-state index < -0.39 is 0 Å². The zero-order valence-corrected chi connectivity index (χ0v) is 10.2. The predicted molar refractivity (Wildman–Crippen MR) is 44.3 cm³/mol. The van der Waals surface area contributed by atoms with E-state index in [1.54, 1.807) is 0 Å². The Hall–Kier alpha value is 0.314. The monoisotopic (exact) mass is 240 g/mol. The van der Waals surface area contributed by atoms with Gasteiger partial charge in [0.2, 0.25) is 5.91 Å². The van der Waals surface area contributed by atoms with Crippen LogP contribution >= 0.6 is 0 Å². The van der Waals surface area contributed by atoms with Crippen LogP contribution in [0.25, 0.3) is 0 Å². The summed E-state index contributed by atoms with van der Waals surface area (Å²) >= 11 is 0. The van der Waals surface area contributed by atoms with Crippen LogP contribution in [0.3, 0.4) is 0 Å². The first kappa shape index (κ1) is 12.3. The maximum atomic E-state index is 10.9. The second-order valence-corrected chi connectivity index (χ2v) is 2.80. The summed E-state index contributed by atoms with van der Waals surface area (Å²) in [5.74, 6) is 0.399. The van der Waals surface area contributed by atoms with E-state index in [4.69, 9.17) is 0 Å². The van der Waals surface area contributed by atoms with Crippen molar-refractivity contribution in [3.05, 3.63) is 25.1 Å². The van der Waals surface area contributed by atoms with E-state index in [9.17, 15) is 4.79 Å². The van der Waals surface area contributed by atoms with E-state index in [0.29, 0.717) is 5.92 Å². The van der Waals surface area contributed by atoms with E-state index in [1.165, 1.54) is 0 Å². The molecule has 1 aliphatic heterocycles. The fraction of sp³-hybridized carbons (Fsp3) is 0.444. The molecule has 0 spiro atoms. The standard InChI is InChI=1S/C9H13NO.Y/c1-3-4-8-5-7(2)9(11)10-6-8;/h5-6,8H,1,3-4H2,2H3,(H,10,11);/q-2;. The number of carbonyl (C=O) groups excluding carboxylic acids is 1. The molecule has 0 aromatic rings. The second-order valence-electron chi connectivity index (χ2n) is 2.80. The van der Waals surface area contributed by atoms with Gasteiger partial charge in [-0.15, -0.1) is 18.4 Å². The molecule has 0 aliphatic carbocycles. The van der Waals surface area contributed by atoms with E-state index in [1.807, 2.05) is 19.5 Å². The fourth-order valence-corrected chi connectivity index (χ4v) is 1.14. The van der Waals surface area contributed by atoms with Crippen molar-refractivity contribution in [2.24, 2.45) is 5.92 Å². The Morgan fingerprint density at radius 3 is 2.92 bits per heavy atom. The summed E-state index contributed by atoms with van der Waals surface area (Å²) in [6.07, 6.45) is 3.91. The average Bonchev–Trinajstić information content (AvgIpc) is 1.98. The minimum atomic E-state index is 0. The van der Waals surface area contributed by atoms with Gasteiger partial charge in [0, 0.05) is 38.3 Å². The maximum absolute atomic E-state index is 10.9. The summed E-state index contributed by atoms with van der Waals surface area (Å²) in [5.41, 5.74) is 0.811. The first-order valence-electron chi connectivity index (χ1n) is 3.86. The van der Waals surface area contributed by atoms with Crippen LogP contribution in [0.2, 0.25) is 0 Å². The molecule has 0 bridgehead atoms. The summed E-state index contributed by atoms with van der Waals surface area (Å²) in [7, 11) is 0. The zero-order valence-electron chi connectivity index (χ0n) is 7.34. The van der Waals surface area contributed by atoms with Gasteiger partial charge in [0.1, 0.15) is 0 Å². The topological polar surface area (TPSA) is 29.1 Å². The fourth-order valence-electron chi connectivity index (χ4n) is 1.14. The van der Waals surface area contributed by atoms with Crippen LogP contribution in [0.5, 0.6) is 0 Å². The summed E-state index contributed by atoms with van der Waals surface area (Å²) in [6.45, 7) is 7.43. The maximum Gasteiger partial charge on any atom is 0.217 e. The molecule has 1 heterocycles. The van der Waals surface area contributed by atoms with Crippen molar-refractivity contribution in [3.8, 4) is 0 Å². The Labute approximate surface area is 99.1 Å². The van der Waals surface area contributed by atoms with Gasteiger partial charge in [-0.2, -0.15) is 6.42 Å². The largest absolute Gasteiger partial charge is 0.501 e. The first-order valence-corrected chi connectivity index (χ1v) is 3.86. The van der Waals surface area contributed by atoms with Crippen LogP contribution < -0.4 is 5.32 Å². The van der Waals surface area contributed by atoms with Crippen LogP contribution in [-0.2, 0) is 37.5 Å². The second kappa shape index (κ2) is 5.87. The molecule has 2 nitrogen and oxygen atoms in total. The summed E-state index contributed by atoms with van der Waals surface area (Å²) in [6, 6.07) is 0. The van der Waals surface area contributed by atoms with Gasteiger partial charge in [0.25, 0.3) is 0 Å². The van der Waals surface area contributed by atoms with Gasteiger partial charge in [-0.1, -0.05) is 0 Å². The number of hydrogen-bond donors (Lipinski definition) is 1. The van der Waals surface area contributed by atoms with Crippen LogP contribution in [0.1, 0.15) is 19.8 Å². The van der Waals surface area contributed by atoms with Crippen molar-refractivity contribution in [1.82, 2.24) is 5.32 Å².